The molecule has 1 aliphatic carbocycles. The molecule has 122 valence electrons. The van der Waals surface area contributed by atoms with E-state index in [0.29, 0.717) is 19.4 Å². The van der Waals surface area contributed by atoms with E-state index in [4.69, 9.17) is 14.2 Å². The summed E-state index contributed by atoms with van der Waals surface area (Å²) in [4.78, 5) is 23.8. The Kier molecular flexibility index (Phi) is 6.01. The maximum atomic E-state index is 11.9. The van der Waals surface area contributed by atoms with E-state index in [-0.39, 0.29) is 6.10 Å². The first-order valence-electron chi connectivity index (χ1n) is 7.43. The summed E-state index contributed by atoms with van der Waals surface area (Å²) in [7, 11) is 1.31. The van der Waals surface area contributed by atoms with Crippen molar-refractivity contribution in [1.82, 2.24) is 5.32 Å². The van der Waals surface area contributed by atoms with Crippen LogP contribution < -0.4 is 5.32 Å². The van der Waals surface area contributed by atoms with E-state index in [1.807, 2.05) is 0 Å². The maximum Gasteiger partial charge on any atom is 0.408 e. The van der Waals surface area contributed by atoms with E-state index in [9.17, 15) is 9.59 Å². The van der Waals surface area contributed by atoms with E-state index in [2.05, 4.69) is 12.2 Å². The first-order chi connectivity index (χ1) is 9.72. The Bertz CT molecular complexity index is 369. The fraction of sp³-hybridized carbons (Fsp3) is 0.867. The number of hydrogen-bond acceptors (Lipinski definition) is 5. The molecular formula is C15H27NO5. The fourth-order valence-corrected chi connectivity index (χ4v) is 2.24. The van der Waals surface area contributed by atoms with Crippen molar-refractivity contribution in [3.8, 4) is 0 Å². The molecule has 0 aromatic rings. The second-order valence-electron chi connectivity index (χ2n) is 6.46. The Labute approximate surface area is 126 Å². The smallest absolute Gasteiger partial charge is 0.408 e. The van der Waals surface area contributed by atoms with E-state index >= 15 is 0 Å². The van der Waals surface area contributed by atoms with Crippen LogP contribution in [0.1, 0.15) is 53.4 Å². The van der Waals surface area contributed by atoms with Crippen LogP contribution in [-0.2, 0) is 19.0 Å². The summed E-state index contributed by atoms with van der Waals surface area (Å²) in [5, 5.41) is 2.64. The number of rotatable bonds is 6. The topological polar surface area (TPSA) is 73.9 Å². The van der Waals surface area contributed by atoms with Crippen molar-refractivity contribution in [2.45, 2.75) is 70.6 Å². The van der Waals surface area contributed by atoms with Crippen molar-refractivity contribution in [2.75, 3.05) is 13.7 Å². The lowest BCUT2D eigenvalue weighted by atomic mass is 9.74. The zero-order valence-corrected chi connectivity index (χ0v) is 13.7. The lowest BCUT2D eigenvalue weighted by Gasteiger charge is -2.45. The second kappa shape index (κ2) is 7.11. The number of unbranched alkanes of at least 4 members (excludes halogenated alkanes) is 1. The Morgan fingerprint density at radius 2 is 1.90 bits per heavy atom. The van der Waals surface area contributed by atoms with Gasteiger partial charge in [0.15, 0.2) is 0 Å². The number of ether oxygens (including phenoxy) is 3. The highest BCUT2D eigenvalue weighted by Gasteiger charge is 2.53. The summed E-state index contributed by atoms with van der Waals surface area (Å²) in [6.45, 7) is 8.08. The molecule has 1 aliphatic rings. The second-order valence-corrected chi connectivity index (χ2v) is 6.46. The minimum atomic E-state index is -1.02. The van der Waals surface area contributed by atoms with Crippen LogP contribution in [0.15, 0.2) is 0 Å². The minimum Gasteiger partial charge on any atom is -0.467 e. The van der Waals surface area contributed by atoms with Crippen LogP contribution in [0.5, 0.6) is 0 Å². The van der Waals surface area contributed by atoms with Crippen molar-refractivity contribution < 1.29 is 23.8 Å². The summed E-state index contributed by atoms with van der Waals surface area (Å²) in [6, 6.07) is 0. The Balaban J connectivity index is 2.55. The van der Waals surface area contributed by atoms with Crippen LogP contribution in [0.4, 0.5) is 4.79 Å². The number of amides is 1. The molecule has 0 unspecified atom stereocenters. The molecule has 6 nitrogen and oxygen atoms in total. The largest absolute Gasteiger partial charge is 0.467 e. The normalized spacial score (nSPS) is 24.9. The molecule has 0 aliphatic heterocycles. The molecule has 1 saturated carbocycles. The van der Waals surface area contributed by atoms with Crippen LogP contribution in [0.2, 0.25) is 0 Å². The summed E-state index contributed by atoms with van der Waals surface area (Å²) < 4.78 is 15.6. The lowest BCUT2D eigenvalue weighted by Crippen LogP contribution is -2.65. The summed E-state index contributed by atoms with van der Waals surface area (Å²) >= 11 is 0. The molecule has 1 rings (SSSR count). The maximum absolute atomic E-state index is 11.9. The highest BCUT2D eigenvalue weighted by atomic mass is 16.6. The average molecular weight is 301 g/mol. The van der Waals surface area contributed by atoms with E-state index < -0.39 is 23.2 Å². The molecular weight excluding hydrogens is 274 g/mol. The number of nitrogens with one attached hydrogen (secondary N) is 1. The van der Waals surface area contributed by atoms with Crippen molar-refractivity contribution >= 4 is 12.1 Å². The van der Waals surface area contributed by atoms with Gasteiger partial charge in [0.2, 0.25) is 0 Å². The molecule has 0 aromatic carbocycles. The first-order valence-corrected chi connectivity index (χ1v) is 7.43. The van der Waals surface area contributed by atoms with Crippen molar-refractivity contribution in [1.29, 1.82) is 0 Å². The fourth-order valence-electron chi connectivity index (χ4n) is 2.24. The van der Waals surface area contributed by atoms with Gasteiger partial charge in [0, 0.05) is 19.4 Å². The van der Waals surface area contributed by atoms with Gasteiger partial charge in [0.1, 0.15) is 11.1 Å². The zero-order chi connectivity index (χ0) is 16.1. The predicted octanol–water partition coefficient (Wildman–Crippen LogP) is 2.40. The number of esters is 1. The third kappa shape index (κ3) is 5.19. The molecule has 21 heavy (non-hydrogen) atoms. The Morgan fingerprint density at radius 3 is 2.38 bits per heavy atom. The SMILES string of the molecule is CCCCO[C@H]1C[C@](NC(=O)OC(C)(C)C)(C(=O)OC)C1. The monoisotopic (exact) mass is 301 g/mol. The number of carbonyl (C=O) groups is 2. The van der Waals surface area contributed by atoms with Gasteiger partial charge >= 0.3 is 12.1 Å². The standard InChI is InChI=1S/C15H27NO5/c1-6-7-8-20-11-9-15(10-11,12(17)19-5)16-13(18)21-14(2,3)4/h11H,6-10H2,1-5H3,(H,16,18)/t11-,15+. The summed E-state index contributed by atoms with van der Waals surface area (Å²) in [5.41, 5.74) is -1.63. The predicted molar refractivity (Wildman–Crippen MR) is 78.0 cm³/mol. The Morgan fingerprint density at radius 1 is 1.29 bits per heavy atom. The van der Waals surface area contributed by atoms with Crippen LogP contribution >= 0.6 is 0 Å². The molecule has 0 radical (unpaired) electrons. The van der Waals surface area contributed by atoms with Gasteiger partial charge in [0.05, 0.1) is 13.2 Å². The van der Waals surface area contributed by atoms with E-state index in [1.54, 1.807) is 20.8 Å². The van der Waals surface area contributed by atoms with Crippen molar-refractivity contribution in [3.63, 3.8) is 0 Å². The molecule has 0 bridgehead atoms. The summed E-state index contributed by atoms with van der Waals surface area (Å²) in [6.07, 6.45) is 2.25. The van der Waals surface area contributed by atoms with Crippen LogP contribution in [0, 0.1) is 0 Å². The van der Waals surface area contributed by atoms with E-state index in [0.717, 1.165) is 12.8 Å². The molecule has 1 N–H and O–H groups in total. The molecule has 0 saturated heterocycles. The zero-order valence-electron chi connectivity index (χ0n) is 13.7. The van der Waals surface area contributed by atoms with Gasteiger partial charge in [-0.1, -0.05) is 13.3 Å². The van der Waals surface area contributed by atoms with E-state index in [1.165, 1.54) is 7.11 Å². The van der Waals surface area contributed by atoms with Gasteiger partial charge in [0.25, 0.3) is 0 Å². The highest BCUT2D eigenvalue weighted by Crippen LogP contribution is 2.36. The van der Waals surface area contributed by atoms with Gasteiger partial charge in [-0.05, 0) is 27.2 Å². The third-order valence-corrected chi connectivity index (χ3v) is 3.32. The molecule has 0 heterocycles. The first kappa shape index (κ1) is 17.8. The molecule has 0 atom stereocenters. The van der Waals surface area contributed by atoms with Crippen LogP contribution in [0.25, 0.3) is 0 Å². The van der Waals surface area contributed by atoms with Crippen LogP contribution in [0.3, 0.4) is 0 Å². The minimum absolute atomic E-state index is 0.0226. The van der Waals surface area contributed by atoms with Crippen molar-refractivity contribution in [3.05, 3.63) is 0 Å². The van der Waals surface area contributed by atoms with Gasteiger partial charge < -0.3 is 19.5 Å². The lowest BCUT2D eigenvalue weighted by molar-refractivity contribution is -0.161. The van der Waals surface area contributed by atoms with Gasteiger partial charge in [-0.2, -0.15) is 0 Å². The van der Waals surface area contributed by atoms with Gasteiger partial charge in [-0.15, -0.1) is 0 Å². The molecule has 0 aromatic heterocycles. The highest BCUT2D eigenvalue weighted by molar-refractivity contribution is 5.87. The molecule has 6 heteroatoms. The number of hydrogen-bond donors (Lipinski definition) is 1. The quantitative estimate of drug-likeness (QED) is 0.602. The summed E-state index contributed by atoms with van der Waals surface area (Å²) in [5.74, 6) is -0.455. The number of alkyl carbamates (subject to hydrolysis) is 1. The van der Waals surface area contributed by atoms with Crippen LogP contribution in [-0.4, -0.2) is 43.0 Å². The van der Waals surface area contributed by atoms with Crippen molar-refractivity contribution in [2.24, 2.45) is 0 Å². The molecule has 1 amide bonds. The van der Waals surface area contributed by atoms with Gasteiger partial charge in [-0.25, -0.2) is 9.59 Å². The number of carbonyl (C=O) groups excluding carboxylic acids is 2. The average Bonchev–Trinajstić information content (AvgIpc) is 2.32. The van der Waals surface area contributed by atoms with Gasteiger partial charge in [-0.3, -0.25) is 0 Å². The Hall–Kier alpha value is -1.30. The molecule has 1 fully saturated rings. The molecule has 0 spiro atoms. The third-order valence-electron chi connectivity index (χ3n) is 3.32. The number of methoxy groups -OCH3 is 1.